The summed E-state index contributed by atoms with van der Waals surface area (Å²) in [5, 5.41) is 5.64. The number of ether oxygens (including phenoxy) is 1. The maximum atomic E-state index is 6.37. The Kier molecular flexibility index (Phi) is 2.74. The molecule has 4 nitrogen and oxygen atoms in total. The van der Waals surface area contributed by atoms with Crippen LogP contribution in [0.25, 0.3) is 10.9 Å². The summed E-state index contributed by atoms with van der Waals surface area (Å²) in [5.74, 6) is 0. The van der Waals surface area contributed by atoms with Gasteiger partial charge >= 0.3 is 0 Å². The molecule has 1 spiro atoms. The number of anilines is 1. The van der Waals surface area contributed by atoms with E-state index in [0.717, 1.165) is 29.6 Å². The molecule has 1 saturated carbocycles. The number of aromatic nitrogens is 2. The summed E-state index contributed by atoms with van der Waals surface area (Å²) in [7, 11) is 0. The number of hydrogen-bond acceptors (Lipinski definition) is 3. The van der Waals surface area contributed by atoms with Crippen LogP contribution in [0.3, 0.4) is 0 Å². The van der Waals surface area contributed by atoms with Crippen LogP contribution in [0.4, 0.5) is 5.69 Å². The van der Waals surface area contributed by atoms with Crippen LogP contribution >= 0.6 is 0 Å². The fourth-order valence-electron chi connectivity index (χ4n) is 3.84. The normalized spacial score (nSPS) is 24.9. The zero-order chi connectivity index (χ0) is 13.6. The van der Waals surface area contributed by atoms with E-state index in [9.17, 15) is 0 Å². The highest BCUT2D eigenvalue weighted by atomic mass is 16.5. The summed E-state index contributed by atoms with van der Waals surface area (Å²) in [6, 6.07) is 5.96. The summed E-state index contributed by atoms with van der Waals surface area (Å²) in [6.07, 6.45) is 9.74. The molecule has 2 N–H and O–H groups in total. The van der Waals surface area contributed by atoms with Crippen molar-refractivity contribution in [1.82, 2.24) is 9.78 Å². The first-order chi connectivity index (χ1) is 9.74. The first-order valence-electron chi connectivity index (χ1n) is 7.63. The van der Waals surface area contributed by atoms with Crippen LogP contribution in [0.2, 0.25) is 0 Å². The van der Waals surface area contributed by atoms with Crippen molar-refractivity contribution in [3.05, 3.63) is 24.4 Å². The van der Waals surface area contributed by atoms with Gasteiger partial charge in [0.15, 0.2) is 0 Å². The van der Waals surface area contributed by atoms with Gasteiger partial charge in [0.2, 0.25) is 0 Å². The third kappa shape index (κ3) is 1.99. The van der Waals surface area contributed by atoms with Crippen LogP contribution in [-0.2, 0) is 11.3 Å². The molecule has 106 valence electrons. The van der Waals surface area contributed by atoms with Crippen molar-refractivity contribution in [3.63, 3.8) is 0 Å². The molecule has 4 heteroatoms. The Morgan fingerprint density at radius 3 is 3.00 bits per heavy atom. The first-order valence-corrected chi connectivity index (χ1v) is 7.63. The van der Waals surface area contributed by atoms with Crippen molar-refractivity contribution in [3.8, 4) is 0 Å². The Balaban J connectivity index is 1.55. The predicted molar refractivity (Wildman–Crippen MR) is 79.5 cm³/mol. The highest BCUT2D eigenvalue weighted by molar-refractivity contribution is 5.81. The number of rotatable bonds is 2. The van der Waals surface area contributed by atoms with Crippen LogP contribution < -0.4 is 5.73 Å². The van der Waals surface area contributed by atoms with Gasteiger partial charge < -0.3 is 10.5 Å². The smallest absolute Gasteiger partial charge is 0.0779 e. The summed E-state index contributed by atoms with van der Waals surface area (Å²) < 4.78 is 8.42. The maximum absolute atomic E-state index is 6.37. The largest absolute Gasteiger partial charge is 0.399 e. The Bertz CT molecular complexity index is 628. The minimum absolute atomic E-state index is 0.201. The van der Waals surface area contributed by atoms with E-state index in [2.05, 4.69) is 5.10 Å². The fourth-order valence-corrected chi connectivity index (χ4v) is 3.84. The number of fused-ring (bicyclic) bond motifs is 1. The van der Waals surface area contributed by atoms with Crippen molar-refractivity contribution in [1.29, 1.82) is 0 Å². The Labute approximate surface area is 118 Å². The lowest BCUT2D eigenvalue weighted by Crippen LogP contribution is -2.26. The molecule has 2 aliphatic rings. The van der Waals surface area contributed by atoms with E-state index in [1.165, 1.54) is 32.1 Å². The Morgan fingerprint density at radius 2 is 2.15 bits per heavy atom. The monoisotopic (exact) mass is 271 g/mol. The molecule has 1 aromatic heterocycles. The number of nitrogens with two attached hydrogens (primary N) is 1. The van der Waals surface area contributed by atoms with Gasteiger partial charge in [-0.2, -0.15) is 5.10 Å². The molecular weight excluding hydrogens is 250 g/mol. The zero-order valence-corrected chi connectivity index (χ0v) is 11.7. The number of hydrogen-bond donors (Lipinski definition) is 1. The van der Waals surface area contributed by atoms with Gasteiger partial charge in [-0.1, -0.05) is 12.8 Å². The van der Waals surface area contributed by atoms with Crippen LogP contribution in [0, 0.1) is 0 Å². The minimum atomic E-state index is 0.201. The number of nitrogen functional groups attached to an aromatic ring is 1. The molecule has 4 rings (SSSR count). The SMILES string of the molecule is Nc1ccc2cnn(CC3CCC4(CCCC4)O3)c2c1. The van der Waals surface area contributed by atoms with Gasteiger partial charge in [-0.3, -0.25) is 4.68 Å². The van der Waals surface area contributed by atoms with Crippen LogP contribution in [0.5, 0.6) is 0 Å². The third-order valence-electron chi connectivity index (χ3n) is 4.90. The average molecular weight is 271 g/mol. The van der Waals surface area contributed by atoms with Gasteiger partial charge in [-0.25, -0.2) is 0 Å². The molecule has 1 saturated heterocycles. The van der Waals surface area contributed by atoms with Crippen LogP contribution in [0.15, 0.2) is 24.4 Å². The number of benzene rings is 1. The van der Waals surface area contributed by atoms with Crippen molar-refractivity contribution in [2.75, 3.05) is 5.73 Å². The van der Waals surface area contributed by atoms with Gasteiger partial charge in [0.05, 0.1) is 30.0 Å². The highest BCUT2D eigenvalue weighted by Gasteiger charge is 2.42. The molecule has 1 aliphatic heterocycles. The quantitative estimate of drug-likeness (QED) is 0.854. The second-order valence-electron chi connectivity index (χ2n) is 6.31. The van der Waals surface area contributed by atoms with Gasteiger partial charge in [-0.05, 0) is 43.9 Å². The Morgan fingerprint density at radius 1 is 1.30 bits per heavy atom. The van der Waals surface area contributed by atoms with Crippen molar-refractivity contribution >= 4 is 16.6 Å². The summed E-state index contributed by atoms with van der Waals surface area (Å²) in [4.78, 5) is 0. The average Bonchev–Trinajstić information content (AvgIpc) is 3.14. The second-order valence-corrected chi connectivity index (χ2v) is 6.31. The molecule has 1 aliphatic carbocycles. The van der Waals surface area contributed by atoms with E-state index in [1.807, 2.05) is 29.1 Å². The summed E-state index contributed by atoms with van der Waals surface area (Å²) in [6.45, 7) is 0.842. The van der Waals surface area contributed by atoms with Crippen LogP contribution in [0.1, 0.15) is 38.5 Å². The molecule has 2 fully saturated rings. The van der Waals surface area contributed by atoms with E-state index in [1.54, 1.807) is 0 Å². The molecule has 2 aromatic rings. The van der Waals surface area contributed by atoms with E-state index in [4.69, 9.17) is 10.5 Å². The standard InChI is InChI=1S/C16H21N3O/c17-13-4-3-12-10-18-19(15(12)9-13)11-14-5-8-16(20-14)6-1-2-7-16/h3-4,9-10,14H,1-2,5-8,11,17H2. The van der Waals surface area contributed by atoms with Crippen molar-refractivity contribution < 1.29 is 4.74 Å². The maximum Gasteiger partial charge on any atom is 0.0779 e. The predicted octanol–water partition coefficient (Wildman–Crippen LogP) is 3.11. The molecule has 0 amide bonds. The topological polar surface area (TPSA) is 53.1 Å². The molecular formula is C16H21N3O. The highest BCUT2D eigenvalue weighted by Crippen LogP contribution is 2.43. The van der Waals surface area contributed by atoms with E-state index in [-0.39, 0.29) is 5.60 Å². The zero-order valence-electron chi connectivity index (χ0n) is 11.7. The van der Waals surface area contributed by atoms with Gasteiger partial charge in [0.25, 0.3) is 0 Å². The summed E-state index contributed by atoms with van der Waals surface area (Å²) >= 11 is 0. The van der Waals surface area contributed by atoms with Crippen molar-refractivity contribution in [2.24, 2.45) is 0 Å². The summed E-state index contributed by atoms with van der Waals surface area (Å²) in [5.41, 5.74) is 7.99. The van der Waals surface area contributed by atoms with Gasteiger partial charge in [0.1, 0.15) is 0 Å². The molecule has 1 unspecified atom stereocenters. The minimum Gasteiger partial charge on any atom is -0.399 e. The molecule has 1 aromatic carbocycles. The van der Waals surface area contributed by atoms with E-state index in [0.29, 0.717) is 6.10 Å². The van der Waals surface area contributed by atoms with Crippen molar-refractivity contribution in [2.45, 2.75) is 56.8 Å². The Hall–Kier alpha value is -1.55. The molecule has 1 atom stereocenters. The lowest BCUT2D eigenvalue weighted by atomic mass is 9.98. The van der Waals surface area contributed by atoms with Crippen LogP contribution in [-0.4, -0.2) is 21.5 Å². The molecule has 0 bridgehead atoms. The molecule has 2 heterocycles. The molecule has 20 heavy (non-hydrogen) atoms. The first kappa shape index (κ1) is 12.2. The number of nitrogens with zero attached hydrogens (tertiary/aromatic N) is 2. The van der Waals surface area contributed by atoms with Gasteiger partial charge in [0, 0.05) is 11.1 Å². The third-order valence-corrected chi connectivity index (χ3v) is 4.90. The fraction of sp³-hybridized carbons (Fsp3) is 0.562. The van der Waals surface area contributed by atoms with E-state index < -0.39 is 0 Å². The lowest BCUT2D eigenvalue weighted by Gasteiger charge is -2.23. The second kappa shape index (κ2) is 4.48. The lowest BCUT2D eigenvalue weighted by molar-refractivity contribution is -0.0424. The van der Waals surface area contributed by atoms with Gasteiger partial charge in [-0.15, -0.1) is 0 Å². The molecule has 0 radical (unpaired) electrons. The van der Waals surface area contributed by atoms with E-state index >= 15 is 0 Å².